The lowest BCUT2D eigenvalue weighted by molar-refractivity contribution is 0.294. The number of fused-ring (bicyclic) bond motifs is 2. The number of hydrogen-bond donors (Lipinski definition) is 1. The minimum absolute atomic E-state index is 0.165. The zero-order valence-corrected chi connectivity index (χ0v) is 12.7. The van der Waals surface area contributed by atoms with Crippen molar-refractivity contribution in [3.05, 3.63) is 34.1 Å². The standard InChI is InChI=1S/C16H21BrFN/c17-14-5-11(6-15(18)9-14)7-16(19)8-13-4-10-1-2-12(13)3-10/h5-6,9-10,12-13,16H,1-4,7-8,19H2. The summed E-state index contributed by atoms with van der Waals surface area (Å²) in [7, 11) is 0. The molecule has 0 radical (unpaired) electrons. The Balaban J connectivity index is 1.57. The molecule has 1 nitrogen and oxygen atoms in total. The van der Waals surface area contributed by atoms with E-state index in [0.717, 1.165) is 40.6 Å². The summed E-state index contributed by atoms with van der Waals surface area (Å²) < 4.78 is 14.1. The average Bonchev–Trinajstić information content (AvgIpc) is 2.88. The molecular weight excluding hydrogens is 305 g/mol. The second-order valence-corrected chi connectivity index (χ2v) is 7.33. The number of halogens is 2. The van der Waals surface area contributed by atoms with E-state index < -0.39 is 0 Å². The van der Waals surface area contributed by atoms with E-state index in [-0.39, 0.29) is 11.9 Å². The van der Waals surface area contributed by atoms with E-state index >= 15 is 0 Å². The van der Waals surface area contributed by atoms with Crippen LogP contribution in [0.1, 0.15) is 37.7 Å². The summed E-state index contributed by atoms with van der Waals surface area (Å²) in [4.78, 5) is 0. The highest BCUT2D eigenvalue weighted by Gasteiger charge is 2.39. The van der Waals surface area contributed by atoms with Crippen LogP contribution < -0.4 is 5.73 Å². The van der Waals surface area contributed by atoms with Crippen LogP contribution >= 0.6 is 15.9 Å². The fourth-order valence-corrected chi connectivity index (χ4v) is 4.68. The molecule has 2 fully saturated rings. The van der Waals surface area contributed by atoms with Gasteiger partial charge in [-0.15, -0.1) is 0 Å². The first kappa shape index (κ1) is 13.6. The van der Waals surface area contributed by atoms with Crippen LogP contribution in [0.25, 0.3) is 0 Å². The summed E-state index contributed by atoms with van der Waals surface area (Å²) in [6.45, 7) is 0. The van der Waals surface area contributed by atoms with Crippen LogP contribution in [-0.2, 0) is 6.42 Å². The lowest BCUT2D eigenvalue weighted by atomic mass is 9.83. The van der Waals surface area contributed by atoms with Crippen LogP contribution in [0.15, 0.2) is 22.7 Å². The predicted molar refractivity (Wildman–Crippen MR) is 79.3 cm³/mol. The van der Waals surface area contributed by atoms with Crippen LogP contribution in [0.5, 0.6) is 0 Å². The second-order valence-electron chi connectivity index (χ2n) is 6.41. The Morgan fingerprint density at radius 1 is 1.26 bits per heavy atom. The van der Waals surface area contributed by atoms with E-state index in [0.29, 0.717) is 0 Å². The molecule has 2 aliphatic rings. The number of rotatable bonds is 4. The summed E-state index contributed by atoms with van der Waals surface area (Å²) in [5, 5.41) is 0. The molecule has 0 saturated heterocycles. The quantitative estimate of drug-likeness (QED) is 0.878. The van der Waals surface area contributed by atoms with Gasteiger partial charge in [-0.3, -0.25) is 0 Å². The van der Waals surface area contributed by atoms with Gasteiger partial charge in [0.25, 0.3) is 0 Å². The number of hydrogen-bond acceptors (Lipinski definition) is 1. The van der Waals surface area contributed by atoms with Crippen molar-refractivity contribution in [3.8, 4) is 0 Å². The lowest BCUT2D eigenvalue weighted by Crippen LogP contribution is -2.28. The molecule has 19 heavy (non-hydrogen) atoms. The maximum absolute atomic E-state index is 13.3. The van der Waals surface area contributed by atoms with Gasteiger partial charge in [0.15, 0.2) is 0 Å². The molecule has 3 rings (SSSR count). The largest absolute Gasteiger partial charge is 0.327 e. The van der Waals surface area contributed by atoms with E-state index in [4.69, 9.17) is 5.73 Å². The van der Waals surface area contributed by atoms with E-state index in [9.17, 15) is 4.39 Å². The van der Waals surface area contributed by atoms with Crippen molar-refractivity contribution >= 4 is 15.9 Å². The SMILES string of the molecule is NC(Cc1cc(F)cc(Br)c1)CC1CC2CCC1C2. The molecule has 0 spiro atoms. The van der Waals surface area contributed by atoms with Crippen molar-refractivity contribution in [1.82, 2.24) is 0 Å². The molecule has 4 unspecified atom stereocenters. The smallest absolute Gasteiger partial charge is 0.124 e. The molecule has 1 aromatic carbocycles. The van der Waals surface area contributed by atoms with Gasteiger partial charge in [0.2, 0.25) is 0 Å². The first-order valence-corrected chi connectivity index (χ1v) is 8.10. The summed E-state index contributed by atoms with van der Waals surface area (Å²) in [6, 6.07) is 5.23. The van der Waals surface area contributed by atoms with E-state index in [1.54, 1.807) is 6.07 Å². The molecule has 0 amide bonds. The third-order valence-electron chi connectivity index (χ3n) is 4.91. The van der Waals surface area contributed by atoms with Gasteiger partial charge >= 0.3 is 0 Å². The molecule has 0 heterocycles. The third-order valence-corrected chi connectivity index (χ3v) is 5.37. The molecule has 2 aliphatic carbocycles. The highest BCUT2D eigenvalue weighted by molar-refractivity contribution is 9.10. The van der Waals surface area contributed by atoms with Gasteiger partial charge in [-0.2, -0.15) is 0 Å². The first-order chi connectivity index (χ1) is 9.10. The second kappa shape index (κ2) is 5.53. The molecule has 2 saturated carbocycles. The van der Waals surface area contributed by atoms with Crippen LogP contribution in [-0.4, -0.2) is 6.04 Å². The summed E-state index contributed by atoms with van der Waals surface area (Å²) >= 11 is 3.34. The highest BCUT2D eigenvalue weighted by Crippen LogP contribution is 2.49. The van der Waals surface area contributed by atoms with Gasteiger partial charge in [0, 0.05) is 10.5 Å². The van der Waals surface area contributed by atoms with Crippen LogP contribution in [0.3, 0.4) is 0 Å². The Bertz CT molecular complexity index is 442. The monoisotopic (exact) mass is 325 g/mol. The van der Waals surface area contributed by atoms with Gasteiger partial charge in [0.05, 0.1) is 0 Å². The third kappa shape index (κ3) is 3.19. The van der Waals surface area contributed by atoms with E-state index in [2.05, 4.69) is 15.9 Å². The molecule has 0 aliphatic heterocycles. The van der Waals surface area contributed by atoms with Gasteiger partial charge in [-0.25, -0.2) is 4.39 Å². The van der Waals surface area contributed by atoms with Gasteiger partial charge in [0.1, 0.15) is 5.82 Å². The molecule has 3 heteroatoms. The van der Waals surface area contributed by atoms with Crippen LogP contribution in [0, 0.1) is 23.6 Å². The Labute approximate surface area is 122 Å². The van der Waals surface area contributed by atoms with Crippen molar-refractivity contribution in [2.45, 2.75) is 44.6 Å². The van der Waals surface area contributed by atoms with Crippen molar-refractivity contribution < 1.29 is 4.39 Å². The maximum Gasteiger partial charge on any atom is 0.124 e. The number of nitrogens with two attached hydrogens (primary N) is 1. The van der Waals surface area contributed by atoms with E-state index in [1.165, 1.54) is 31.7 Å². The zero-order valence-electron chi connectivity index (χ0n) is 11.1. The fraction of sp³-hybridized carbons (Fsp3) is 0.625. The molecule has 1 aromatic rings. The molecular formula is C16H21BrFN. The predicted octanol–water partition coefficient (Wildman–Crippen LogP) is 4.28. The molecule has 4 atom stereocenters. The summed E-state index contributed by atoms with van der Waals surface area (Å²) in [6.07, 6.45) is 7.55. The summed E-state index contributed by atoms with van der Waals surface area (Å²) in [5.74, 6) is 2.54. The fourth-order valence-electron chi connectivity index (χ4n) is 4.17. The Morgan fingerprint density at radius 2 is 2.11 bits per heavy atom. The van der Waals surface area contributed by atoms with Gasteiger partial charge in [-0.05, 0) is 73.6 Å². The van der Waals surface area contributed by atoms with Crippen molar-refractivity contribution in [2.75, 3.05) is 0 Å². The molecule has 0 aromatic heterocycles. The van der Waals surface area contributed by atoms with Crippen LogP contribution in [0.4, 0.5) is 4.39 Å². The topological polar surface area (TPSA) is 26.0 Å². The minimum atomic E-state index is -0.184. The van der Waals surface area contributed by atoms with Crippen molar-refractivity contribution in [2.24, 2.45) is 23.5 Å². The Hall–Kier alpha value is -0.410. The van der Waals surface area contributed by atoms with Gasteiger partial charge < -0.3 is 5.73 Å². The maximum atomic E-state index is 13.3. The minimum Gasteiger partial charge on any atom is -0.327 e. The van der Waals surface area contributed by atoms with Crippen molar-refractivity contribution in [1.29, 1.82) is 0 Å². The van der Waals surface area contributed by atoms with Crippen molar-refractivity contribution in [3.63, 3.8) is 0 Å². The number of benzene rings is 1. The zero-order chi connectivity index (χ0) is 13.4. The van der Waals surface area contributed by atoms with Gasteiger partial charge in [-0.1, -0.05) is 22.4 Å². The Morgan fingerprint density at radius 3 is 2.74 bits per heavy atom. The van der Waals surface area contributed by atoms with E-state index in [1.807, 2.05) is 6.07 Å². The average molecular weight is 326 g/mol. The highest BCUT2D eigenvalue weighted by atomic mass is 79.9. The normalized spacial score (nSPS) is 30.8. The molecule has 104 valence electrons. The van der Waals surface area contributed by atoms with Crippen LogP contribution in [0.2, 0.25) is 0 Å². The molecule has 2 bridgehead atoms. The summed E-state index contributed by atoms with van der Waals surface area (Å²) in [5.41, 5.74) is 7.28. The molecule has 2 N–H and O–H groups in total. The lowest BCUT2D eigenvalue weighted by Gasteiger charge is -2.24. The Kier molecular flexibility index (Phi) is 3.95. The first-order valence-electron chi connectivity index (χ1n) is 7.30.